The van der Waals surface area contributed by atoms with Crippen molar-refractivity contribution in [3.8, 4) is 0 Å². The molecule has 1 unspecified atom stereocenters. The van der Waals surface area contributed by atoms with Gasteiger partial charge in [0.2, 0.25) is 0 Å². The van der Waals surface area contributed by atoms with E-state index >= 15 is 0 Å². The second-order valence-electron chi connectivity index (χ2n) is 4.18. The van der Waals surface area contributed by atoms with Gasteiger partial charge in [-0.25, -0.2) is 0 Å². The molecule has 0 heterocycles. The van der Waals surface area contributed by atoms with Crippen molar-refractivity contribution >= 4 is 11.6 Å². The molecule has 0 fully saturated rings. The van der Waals surface area contributed by atoms with Crippen LogP contribution in [0, 0.1) is 0 Å². The summed E-state index contributed by atoms with van der Waals surface area (Å²) in [6.07, 6.45) is 7.11. The van der Waals surface area contributed by atoms with Crippen molar-refractivity contribution < 1.29 is 0 Å². The third kappa shape index (κ3) is 3.42. The Hall–Kier alpha value is -0.270. The second-order valence-corrected chi connectivity index (χ2v) is 4.62. The van der Waals surface area contributed by atoms with E-state index in [0.717, 1.165) is 11.5 Å². The molecule has 68 valence electrons. The summed E-state index contributed by atoms with van der Waals surface area (Å²) >= 11 is 5.80. The standard InChI is InChI=1S/C10H16ClN/c1-10(2,3)12-9-6-4-8(11)5-7-9/h4-6,9,12H,7H2,1-3H3. The Morgan fingerprint density at radius 3 is 2.58 bits per heavy atom. The largest absolute Gasteiger partial charge is 0.306 e. The van der Waals surface area contributed by atoms with Crippen LogP contribution in [0.2, 0.25) is 0 Å². The first-order valence-corrected chi connectivity index (χ1v) is 4.67. The van der Waals surface area contributed by atoms with Crippen molar-refractivity contribution in [1.29, 1.82) is 0 Å². The molecule has 0 aromatic carbocycles. The highest BCUT2D eigenvalue weighted by molar-refractivity contribution is 6.31. The fraction of sp³-hybridized carbons (Fsp3) is 0.600. The Morgan fingerprint density at radius 2 is 2.17 bits per heavy atom. The van der Waals surface area contributed by atoms with Crippen LogP contribution in [-0.4, -0.2) is 11.6 Å². The fourth-order valence-electron chi connectivity index (χ4n) is 1.26. The van der Waals surface area contributed by atoms with E-state index in [1.807, 2.05) is 12.2 Å². The second kappa shape index (κ2) is 3.63. The first kappa shape index (κ1) is 9.82. The van der Waals surface area contributed by atoms with E-state index in [9.17, 15) is 0 Å². The topological polar surface area (TPSA) is 12.0 Å². The van der Waals surface area contributed by atoms with Gasteiger partial charge in [-0.05, 0) is 33.3 Å². The van der Waals surface area contributed by atoms with Crippen LogP contribution in [0.15, 0.2) is 23.3 Å². The molecule has 1 N–H and O–H groups in total. The fourth-order valence-corrected chi connectivity index (χ4v) is 1.42. The molecule has 0 saturated carbocycles. The number of nitrogens with one attached hydrogen (secondary N) is 1. The van der Waals surface area contributed by atoms with Gasteiger partial charge in [0.25, 0.3) is 0 Å². The summed E-state index contributed by atoms with van der Waals surface area (Å²) in [5.74, 6) is 0. The van der Waals surface area contributed by atoms with E-state index in [-0.39, 0.29) is 5.54 Å². The molecule has 0 saturated heterocycles. The molecule has 12 heavy (non-hydrogen) atoms. The molecule has 0 radical (unpaired) electrons. The summed E-state index contributed by atoms with van der Waals surface area (Å²) in [6, 6.07) is 0.437. The number of rotatable bonds is 1. The number of halogens is 1. The van der Waals surface area contributed by atoms with Crippen molar-refractivity contribution in [2.24, 2.45) is 0 Å². The predicted octanol–water partition coefficient (Wildman–Crippen LogP) is 2.83. The highest BCUT2D eigenvalue weighted by Crippen LogP contribution is 2.15. The lowest BCUT2D eigenvalue weighted by molar-refractivity contribution is 0.391. The monoisotopic (exact) mass is 185 g/mol. The third-order valence-corrected chi connectivity index (χ3v) is 1.95. The van der Waals surface area contributed by atoms with Crippen LogP contribution >= 0.6 is 11.6 Å². The summed E-state index contributed by atoms with van der Waals surface area (Å²) in [6.45, 7) is 6.50. The van der Waals surface area contributed by atoms with E-state index in [4.69, 9.17) is 11.6 Å². The number of hydrogen-bond donors (Lipinski definition) is 1. The first-order valence-electron chi connectivity index (χ1n) is 4.29. The minimum atomic E-state index is 0.173. The van der Waals surface area contributed by atoms with Crippen molar-refractivity contribution in [3.05, 3.63) is 23.3 Å². The van der Waals surface area contributed by atoms with Crippen molar-refractivity contribution in [1.82, 2.24) is 5.32 Å². The lowest BCUT2D eigenvalue weighted by Gasteiger charge is -2.27. The maximum absolute atomic E-state index is 5.80. The highest BCUT2D eigenvalue weighted by Gasteiger charge is 2.15. The van der Waals surface area contributed by atoms with Gasteiger partial charge in [0, 0.05) is 16.6 Å². The average molecular weight is 186 g/mol. The van der Waals surface area contributed by atoms with Crippen molar-refractivity contribution in [2.75, 3.05) is 0 Å². The number of allylic oxidation sites excluding steroid dienone is 2. The van der Waals surface area contributed by atoms with E-state index < -0.39 is 0 Å². The molecule has 2 heteroatoms. The van der Waals surface area contributed by atoms with Crippen LogP contribution in [0.1, 0.15) is 27.2 Å². The molecule has 0 bridgehead atoms. The summed E-state index contributed by atoms with van der Waals surface area (Å²) < 4.78 is 0. The SMILES string of the molecule is CC(C)(C)NC1C=CC(Cl)=CC1. The first-order chi connectivity index (χ1) is 5.47. The Bertz CT molecular complexity index is 210. The smallest absolute Gasteiger partial charge is 0.0364 e. The summed E-state index contributed by atoms with van der Waals surface area (Å²) in [4.78, 5) is 0. The van der Waals surface area contributed by atoms with Gasteiger partial charge in [0.1, 0.15) is 0 Å². The van der Waals surface area contributed by atoms with Crippen molar-refractivity contribution in [3.63, 3.8) is 0 Å². The maximum atomic E-state index is 5.80. The molecular formula is C10H16ClN. The van der Waals surface area contributed by atoms with Gasteiger partial charge in [-0.15, -0.1) is 0 Å². The van der Waals surface area contributed by atoms with Crippen LogP contribution in [0.3, 0.4) is 0 Å². The minimum absolute atomic E-state index is 0.173. The van der Waals surface area contributed by atoms with Gasteiger partial charge in [-0.2, -0.15) is 0 Å². The Balaban J connectivity index is 2.44. The zero-order valence-corrected chi connectivity index (χ0v) is 8.65. The van der Waals surface area contributed by atoms with Crippen molar-refractivity contribution in [2.45, 2.75) is 38.8 Å². The van der Waals surface area contributed by atoms with Crippen LogP contribution in [0.5, 0.6) is 0 Å². The summed E-state index contributed by atoms with van der Waals surface area (Å²) in [7, 11) is 0. The zero-order chi connectivity index (χ0) is 9.19. The highest BCUT2D eigenvalue weighted by atomic mass is 35.5. The molecule has 0 aromatic heterocycles. The van der Waals surface area contributed by atoms with Crippen LogP contribution in [0.4, 0.5) is 0 Å². The molecular weight excluding hydrogens is 170 g/mol. The molecule has 0 aliphatic heterocycles. The molecule has 0 aromatic rings. The zero-order valence-electron chi connectivity index (χ0n) is 7.89. The average Bonchev–Trinajstić information content (AvgIpc) is 1.91. The van der Waals surface area contributed by atoms with E-state index in [1.54, 1.807) is 0 Å². The van der Waals surface area contributed by atoms with E-state index in [1.165, 1.54) is 0 Å². The summed E-state index contributed by atoms with van der Waals surface area (Å²) in [5, 5.41) is 4.34. The molecule has 0 spiro atoms. The third-order valence-electron chi connectivity index (χ3n) is 1.67. The summed E-state index contributed by atoms with van der Waals surface area (Å²) in [5.41, 5.74) is 0.173. The normalized spacial score (nSPS) is 24.0. The molecule has 1 aliphatic rings. The van der Waals surface area contributed by atoms with Crippen LogP contribution in [-0.2, 0) is 0 Å². The van der Waals surface area contributed by atoms with Crippen LogP contribution < -0.4 is 5.32 Å². The molecule has 1 aliphatic carbocycles. The van der Waals surface area contributed by atoms with Gasteiger partial charge in [-0.1, -0.05) is 23.8 Å². The van der Waals surface area contributed by atoms with E-state index in [0.29, 0.717) is 6.04 Å². The molecule has 1 rings (SSSR count). The quantitative estimate of drug-likeness (QED) is 0.663. The van der Waals surface area contributed by atoms with Gasteiger partial charge in [-0.3, -0.25) is 0 Å². The van der Waals surface area contributed by atoms with Gasteiger partial charge >= 0.3 is 0 Å². The molecule has 1 atom stereocenters. The Kier molecular flexibility index (Phi) is 2.97. The number of hydrogen-bond acceptors (Lipinski definition) is 1. The Labute approximate surface area is 79.5 Å². The predicted molar refractivity (Wildman–Crippen MR) is 54.4 cm³/mol. The van der Waals surface area contributed by atoms with Gasteiger partial charge in [0.15, 0.2) is 0 Å². The van der Waals surface area contributed by atoms with E-state index in [2.05, 4.69) is 32.2 Å². The van der Waals surface area contributed by atoms with Gasteiger partial charge in [0.05, 0.1) is 0 Å². The molecule has 0 amide bonds. The molecule has 1 nitrogen and oxygen atoms in total. The maximum Gasteiger partial charge on any atom is 0.0364 e. The lowest BCUT2D eigenvalue weighted by Crippen LogP contribution is -2.42. The lowest BCUT2D eigenvalue weighted by atomic mass is 10.0. The minimum Gasteiger partial charge on any atom is -0.306 e. The van der Waals surface area contributed by atoms with Gasteiger partial charge < -0.3 is 5.32 Å². The Morgan fingerprint density at radius 1 is 1.50 bits per heavy atom. The van der Waals surface area contributed by atoms with Crippen LogP contribution in [0.25, 0.3) is 0 Å².